The van der Waals surface area contributed by atoms with Crippen molar-refractivity contribution in [2.45, 2.75) is 96.6 Å². The molecule has 4 aliphatic heterocycles. The standard InChI is InChI=1S/C28H42N2O6/c1-8-27-12-9-10-15-35-24(34)20(27)19-22(32)30(18(2)16-31)21-23(33)29(14-11-13-28(19,21)36-27)26(6,7)17-25(3,4)5/h9,11-13,18-21,31H,8,10,14-17H2,1-7H3/t18-,19+,20-,21?,27+,28+/m1/s1. The molecule has 4 rings (SSSR count). The van der Waals surface area contributed by atoms with Crippen LogP contribution in [0.2, 0.25) is 0 Å². The van der Waals surface area contributed by atoms with Gasteiger partial charge in [0.2, 0.25) is 11.8 Å². The minimum atomic E-state index is -1.33. The molecule has 2 saturated heterocycles. The molecule has 1 unspecified atom stereocenters. The van der Waals surface area contributed by atoms with Gasteiger partial charge < -0.3 is 24.4 Å². The fraction of sp³-hybridized carbons (Fsp3) is 0.750. The zero-order chi connectivity index (χ0) is 26.7. The van der Waals surface area contributed by atoms with E-state index in [2.05, 4.69) is 20.8 Å². The Bertz CT molecular complexity index is 981. The number of hydrogen-bond donors (Lipinski definition) is 1. The van der Waals surface area contributed by atoms with Crippen molar-refractivity contribution in [1.29, 1.82) is 0 Å². The number of rotatable bonds is 5. The summed E-state index contributed by atoms with van der Waals surface area (Å²) in [5, 5.41) is 10.1. The van der Waals surface area contributed by atoms with Crippen LogP contribution in [-0.4, -0.2) is 81.3 Å². The van der Waals surface area contributed by atoms with Crippen LogP contribution in [0, 0.1) is 17.3 Å². The monoisotopic (exact) mass is 502 g/mol. The Balaban J connectivity index is 1.89. The summed E-state index contributed by atoms with van der Waals surface area (Å²) >= 11 is 0. The van der Waals surface area contributed by atoms with E-state index < -0.39 is 46.6 Å². The van der Waals surface area contributed by atoms with Crippen LogP contribution in [0.3, 0.4) is 0 Å². The van der Waals surface area contributed by atoms with E-state index in [0.717, 1.165) is 6.42 Å². The second kappa shape index (κ2) is 8.98. The molecular formula is C28H42N2O6. The summed E-state index contributed by atoms with van der Waals surface area (Å²) in [7, 11) is 0. The number of esters is 1. The summed E-state index contributed by atoms with van der Waals surface area (Å²) in [6.07, 6.45) is 9.37. The molecule has 2 amide bonds. The molecule has 2 fully saturated rings. The molecule has 200 valence electrons. The zero-order valence-electron chi connectivity index (χ0n) is 22.7. The predicted molar refractivity (Wildman–Crippen MR) is 135 cm³/mol. The fourth-order valence-corrected chi connectivity index (χ4v) is 7.17. The third-order valence-electron chi connectivity index (χ3n) is 8.27. The van der Waals surface area contributed by atoms with E-state index in [0.29, 0.717) is 19.4 Å². The lowest BCUT2D eigenvalue weighted by Gasteiger charge is -2.45. The molecule has 1 N–H and O–H groups in total. The van der Waals surface area contributed by atoms with Crippen molar-refractivity contribution in [3.05, 3.63) is 24.3 Å². The Labute approximate surface area is 214 Å². The number of ether oxygens (including phenoxy) is 2. The SMILES string of the molecule is CC[C@]12C=CCCOC(=O)[C@H]1[C@H]1C(=O)N([C@H](C)CO)C3C(=O)N(C(C)(C)CC(C)(C)C)CC=C[C@@]31O2. The molecule has 8 nitrogen and oxygen atoms in total. The van der Waals surface area contributed by atoms with Gasteiger partial charge in [0.1, 0.15) is 23.2 Å². The molecular weight excluding hydrogens is 460 g/mol. The maximum atomic E-state index is 14.5. The van der Waals surface area contributed by atoms with E-state index in [9.17, 15) is 19.5 Å². The van der Waals surface area contributed by atoms with Crippen LogP contribution in [0.4, 0.5) is 0 Å². The van der Waals surface area contributed by atoms with Gasteiger partial charge in [-0.3, -0.25) is 14.4 Å². The van der Waals surface area contributed by atoms with Crippen molar-refractivity contribution in [2.75, 3.05) is 19.8 Å². The molecule has 0 aliphatic carbocycles. The van der Waals surface area contributed by atoms with Gasteiger partial charge in [0.15, 0.2) is 0 Å². The summed E-state index contributed by atoms with van der Waals surface area (Å²) in [6.45, 7) is 14.5. The van der Waals surface area contributed by atoms with E-state index >= 15 is 0 Å². The molecule has 36 heavy (non-hydrogen) atoms. The third kappa shape index (κ3) is 4.01. The summed E-state index contributed by atoms with van der Waals surface area (Å²) in [4.78, 5) is 45.3. The van der Waals surface area contributed by atoms with E-state index in [4.69, 9.17) is 9.47 Å². The van der Waals surface area contributed by atoms with Crippen LogP contribution in [0.5, 0.6) is 0 Å². The first-order valence-electron chi connectivity index (χ1n) is 13.2. The Hall–Kier alpha value is -2.19. The van der Waals surface area contributed by atoms with E-state index in [1.165, 1.54) is 4.90 Å². The number of carbonyl (C=O) groups is 3. The molecule has 8 heteroatoms. The normalized spacial score (nSPS) is 35.6. The second-order valence-electron chi connectivity index (χ2n) is 12.7. The fourth-order valence-electron chi connectivity index (χ4n) is 7.17. The zero-order valence-corrected chi connectivity index (χ0v) is 22.7. The van der Waals surface area contributed by atoms with Crippen molar-refractivity contribution >= 4 is 17.8 Å². The minimum absolute atomic E-state index is 0.0281. The first kappa shape index (κ1) is 26.9. The topological polar surface area (TPSA) is 96.4 Å². The van der Waals surface area contributed by atoms with Crippen LogP contribution < -0.4 is 0 Å². The van der Waals surface area contributed by atoms with Crippen LogP contribution in [0.15, 0.2) is 24.3 Å². The van der Waals surface area contributed by atoms with Gasteiger partial charge in [-0.25, -0.2) is 0 Å². The molecule has 0 radical (unpaired) electrons. The van der Waals surface area contributed by atoms with Crippen molar-refractivity contribution in [3.8, 4) is 0 Å². The largest absolute Gasteiger partial charge is 0.465 e. The number of nitrogens with zero attached hydrogens (tertiary/aromatic N) is 2. The van der Waals surface area contributed by atoms with Crippen molar-refractivity contribution in [2.24, 2.45) is 17.3 Å². The average Bonchev–Trinajstić information content (AvgIpc) is 3.12. The Morgan fingerprint density at radius 2 is 1.78 bits per heavy atom. The van der Waals surface area contributed by atoms with Crippen LogP contribution in [0.1, 0.15) is 67.7 Å². The number of carbonyl (C=O) groups excluding carboxylic acids is 3. The highest BCUT2D eigenvalue weighted by Crippen LogP contribution is 2.58. The first-order chi connectivity index (χ1) is 16.7. The number of amides is 2. The van der Waals surface area contributed by atoms with Crippen LogP contribution in [0.25, 0.3) is 0 Å². The Morgan fingerprint density at radius 1 is 1.08 bits per heavy atom. The van der Waals surface area contributed by atoms with Gasteiger partial charge in [0.25, 0.3) is 0 Å². The van der Waals surface area contributed by atoms with E-state index in [1.54, 1.807) is 6.92 Å². The van der Waals surface area contributed by atoms with Gasteiger partial charge in [-0.2, -0.15) is 0 Å². The minimum Gasteiger partial charge on any atom is -0.465 e. The van der Waals surface area contributed by atoms with Gasteiger partial charge in [-0.15, -0.1) is 0 Å². The van der Waals surface area contributed by atoms with Crippen molar-refractivity contribution in [3.63, 3.8) is 0 Å². The maximum absolute atomic E-state index is 14.5. The number of fused-ring (bicyclic) bond motifs is 2. The number of likely N-dealkylation sites (tertiary alicyclic amines) is 1. The van der Waals surface area contributed by atoms with Gasteiger partial charge in [0.05, 0.1) is 25.2 Å². The summed E-state index contributed by atoms with van der Waals surface area (Å²) in [5.41, 5.74) is -2.91. The molecule has 0 aromatic carbocycles. The molecule has 4 aliphatic rings. The van der Waals surface area contributed by atoms with Gasteiger partial charge in [0, 0.05) is 12.1 Å². The van der Waals surface area contributed by atoms with Crippen LogP contribution >= 0.6 is 0 Å². The number of aliphatic hydroxyl groups is 1. The summed E-state index contributed by atoms with van der Waals surface area (Å²) in [5.74, 6) is -2.83. The number of cyclic esters (lactones) is 1. The second-order valence-corrected chi connectivity index (χ2v) is 12.7. The average molecular weight is 503 g/mol. The number of hydrogen-bond acceptors (Lipinski definition) is 6. The van der Waals surface area contributed by atoms with E-state index in [-0.39, 0.29) is 30.4 Å². The molecule has 1 spiro atoms. The van der Waals surface area contributed by atoms with Gasteiger partial charge >= 0.3 is 5.97 Å². The summed E-state index contributed by atoms with van der Waals surface area (Å²) in [6, 6.07) is -1.61. The van der Waals surface area contributed by atoms with Crippen molar-refractivity contribution < 1.29 is 29.0 Å². The lowest BCUT2D eigenvalue weighted by molar-refractivity contribution is -0.164. The highest BCUT2D eigenvalue weighted by atomic mass is 16.6. The lowest BCUT2D eigenvalue weighted by Crippen LogP contribution is -2.61. The quantitative estimate of drug-likeness (QED) is 0.459. The van der Waals surface area contributed by atoms with E-state index in [1.807, 2.05) is 50.0 Å². The smallest absolute Gasteiger partial charge is 0.313 e. The van der Waals surface area contributed by atoms with Gasteiger partial charge in [-0.1, -0.05) is 52.0 Å². The predicted octanol–water partition coefficient (Wildman–Crippen LogP) is 2.84. The third-order valence-corrected chi connectivity index (χ3v) is 8.27. The molecule has 4 heterocycles. The first-order valence-corrected chi connectivity index (χ1v) is 13.2. The molecule has 0 aromatic heterocycles. The highest BCUT2D eigenvalue weighted by Gasteiger charge is 2.76. The lowest BCUT2D eigenvalue weighted by atomic mass is 9.73. The number of aliphatic hydroxyl groups excluding tert-OH is 1. The molecule has 6 atom stereocenters. The highest BCUT2D eigenvalue weighted by molar-refractivity contribution is 5.99. The Morgan fingerprint density at radius 3 is 2.39 bits per heavy atom. The van der Waals surface area contributed by atoms with Crippen molar-refractivity contribution in [1.82, 2.24) is 9.80 Å². The molecule has 0 saturated carbocycles. The summed E-state index contributed by atoms with van der Waals surface area (Å²) < 4.78 is 12.4. The molecule has 0 bridgehead atoms. The maximum Gasteiger partial charge on any atom is 0.313 e. The Kier molecular flexibility index (Phi) is 6.70. The molecule has 0 aromatic rings. The van der Waals surface area contributed by atoms with Crippen LogP contribution in [-0.2, 0) is 23.9 Å². The van der Waals surface area contributed by atoms with Gasteiger partial charge in [-0.05, 0) is 45.4 Å².